The summed E-state index contributed by atoms with van der Waals surface area (Å²) in [6, 6.07) is 3.59. The average Bonchev–Trinajstić information content (AvgIpc) is 3.20. The van der Waals surface area contributed by atoms with E-state index in [1.165, 1.54) is 0 Å². The standard InChI is InChI=1S/C15H21NO4/c1-9-5-11(9)15(17)16-8-10-6-13(19-3)14(20-4)7-12(10)18-2/h6-7,9,11H,5,8H2,1-4H3,(H,16,17)/t9-,11-/m0/s1. The molecule has 5 heteroatoms. The number of methoxy groups -OCH3 is 3. The van der Waals surface area contributed by atoms with Crippen molar-refractivity contribution < 1.29 is 19.0 Å². The largest absolute Gasteiger partial charge is 0.496 e. The Morgan fingerprint density at radius 1 is 1.15 bits per heavy atom. The molecule has 0 unspecified atom stereocenters. The molecule has 110 valence electrons. The number of carbonyl (C=O) groups excluding carboxylic acids is 1. The van der Waals surface area contributed by atoms with E-state index in [0.29, 0.717) is 29.7 Å². The van der Waals surface area contributed by atoms with Gasteiger partial charge in [-0.2, -0.15) is 0 Å². The number of nitrogens with one attached hydrogen (secondary N) is 1. The first-order valence-corrected chi connectivity index (χ1v) is 6.67. The Balaban J connectivity index is 2.11. The highest BCUT2D eigenvalue weighted by atomic mass is 16.5. The molecule has 0 aromatic heterocycles. The molecule has 1 aliphatic rings. The lowest BCUT2D eigenvalue weighted by Gasteiger charge is -2.14. The summed E-state index contributed by atoms with van der Waals surface area (Å²) < 4.78 is 15.8. The lowest BCUT2D eigenvalue weighted by Crippen LogP contribution is -2.25. The van der Waals surface area contributed by atoms with Crippen LogP contribution in [0.25, 0.3) is 0 Å². The van der Waals surface area contributed by atoms with E-state index >= 15 is 0 Å². The average molecular weight is 279 g/mol. The van der Waals surface area contributed by atoms with Gasteiger partial charge in [0.05, 0.1) is 21.3 Å². The van der Waals surface area contributed by atoms with Gasteiger partial charge in [-0.15, -0.1) is 0 Å². The summed E-state index contributed by atoms with van der Waals surface area (Å²) in [4.78, 5) is 11.9. The van der Waals surface area contributed by atoms with Gasteiger partial charge in [-0.25, -0.2) is 0 Å². The number of benzene rings is 1. The van der Waals surface area contributed by atoms with Gasteiger partial charge in [0, 0.05) is 24.1 Å². The van der Waals surface area contributed by atoms with Crippen molar-refractivity contribution in [3.05, 3.63) is 17.7 Å². The molecule has 0 aliphatic heterocycles. The molecule has 1 saturated carbocycles. The molecule has 2 rings (SSSR count). The number of ether oxygens (including phenoxy) is 3. The van der Waals surface area contributed by atoms with E-state index in [9.17, 15) is 4.79 Å². The molecule has 1 amide bonds. The first-order chi connectivity index (χ1) is 9.60. The van der Waals surface area contributed by atoms with Crippen LogP contribution in [0.15, 0.2) is 12.1 Å². The molecule has 1 aliphatic carbocycles. The lowest BCUT2D eigenvalue weighted by atomic mass is 10.1. The van der Waals surface area contributed by atoms with E-state index in [1.807, 2.05) is 6.07 Å². The van der Waals surface area contributed by atoms with Gasteiger partial charge in [-0.05, 0) is 18.4 Å². The van der Waals surface area contributed by atoms with Crippen LogP contribution in [0.5, 0.6) is 17.2 Å². The maximum Gasteiger partial charge on any atom is 0.223 e. The fourth-order valence-electron chi connectivity index (χ4n) is 2.23. The number of hydrogen-bond acceptors (Lipinski definition) is 4. The Bertz CT molecular complexity index is 501. The normalized spacial score (nSPS) is 20.2. The van der Waals surface area contributed by atoms with E-state index in [4.69, 9.17) is 14.2 Å². The van der Waals surface area contributed by atoms with Crippen molar-refractivity contribution in [3.63, 3.8) is 0 Å². The number of rotatable bonds is 6. The van der Waals surface area contributed by atoms with E-state index < -0.39 is 0 Å². The van der Waals surface area contributed by atoms with Crippen LogP contribution in [0.1, 0.15) is 18.9 Å². The first-order valence-electron chi connectivity index (χ1n) is 6.67. The molecular formula is C15H21NO4. The third-order valence-corrected chi connectivity index (χ3v) is 3.69. The Morgan fingerprint density at radius 2 is 1.70 bits per heavy atom. The fourth-order valence-corrected chi connectivity index (χ4v) is 2.23. The molecule has 0 bridgehead atoms. The van der Waals surface area contributed by atoms with Gasteiger partial charge in [0.25, 0.3) is 0 Å². The van der Waals surface area contributed by atoms with E-state index in [-0.39, 0.29) is 11.8 Å². The number of amides is 1. The molecule has 0 saturated heterocycles. The van der Waals surface area contributed by atoms with Gasteiger partial charge in [-0.1, -0.05) is 6.92 Å². The van der Waals surface area contributed by atoms with Gasteiger partial charge in [0.15, 0.2) is 11.5 Å². The molecule has 2 atom stereocenters. The molecule has 1 N–H and O–H groups in total. The van der Waals surface area contributed by atoms with Gasteiger partial charge < -0.3 is 19.5 Å². The Labute approximate surface area is 119 Å². The highest BCUT2D eigenvalue weighted by Crippen LogP contribution is 2.38. The topological polar surface area (TPSA) is 56.8 Å². The smallest absolute Gasteiger partial charge is 0.223 e. The minimum absolute atomic E-state index is 0.106. The molecule has 0 spiro atoms. The summed E-state index contributed by atoms with van der Waals surface area (Å²) in [6.45, 7) is 2.51. The van der Waals surface area contributed by atoms with E-state index in [1.54, 1.807) is 27.4 Å². The molecule has 1 fully saturated rings. The molecule has 0 heterocycles. The Hall–Kier alpha value is -1.91. The third-order valence-electron chi connectivity index (χ3n) is 3.69. The van der Waals surface area contributed by atoms with Crippen molar-refractivity contribution in [3.8, 4) is 17.2 Å². The second-order valence-corrected chi connectivity index (χ2v) is 5.06. The fraction of sp³-hybridized carbons (Fsp3) is 0.533. The summed E-state index contributed by atoms with van der Waals surface area (Å²) >= 11 is 0. The van der Waals surface area contributed by atoms with Gasteiger partial charge in [0.1, 0.15) is 5.75 Å². The van der Waals surface area contributed by atoms with Crippen LogP contribution in [0.2, 0.25) is 0 Å². The third kappa shape index (κ3) is 2.98. The van der Waals surface area contributed by atoms with Crippen LogP contribution >= 0.6 is 0 Å². The minimum atomic E-state index is 0.106. The second kappa shape index (κ2) is 6.03. The summed E-state index contributed by atoms with van der Waals surface area (Å²) in [5.74, 6) is 2.68. The summed E-state index contributed by atoms with van der Waals surface area (Å²) in [5.41, 5.74) is 0.867. The van der Waals surface area contributed by atoms with Crippen LogP contribution in [-0.2, 0) is 11.3 Å². The van der Waals surface area contributed by atoms with Crippen molar-refractivity contribution in [1.29, 1.82) is 0 Å². The Kier molecular flexibility index (Phi) is 4.37. The highest BCUT2D eigenvalue weighted by molar-refractivity contribution is 5.81. The van der Waals surface area contributed by atoms with E-state index in [0.717, 1.165) is 12.0 Å². The van der Waals surface area contributed by atoms with Crippen molar-refractivity contribution >= 4 is 5.91 Å². The second-order valence-electron chi connectivity index (χ2n) is 5.06. The quantitative estimate of drug-likeness (QED) is 0.865. The van der Waals surface area contributed by atoms with Gasteiger partial charge >= 0.3 is 0 Å². The van der Waals surface area contributed by atoms with Crippen molar-refractivity contribution in [1.82, 2.24) is 5.32 Å². The zero-order valence-electron chi connectivity index (χ0n) is 12.4. The van der Waals surface area contributed by atoms with E-state index in [2.05, 4.69) is 12.2 Å². The predicted octanol–water partition coefficient (Wildman–Crippen LogP) is 1.98. The van der Waals surface area contributed by atoms with Crippen LogP contribution in [0.4, 0.5) is 0 Å². The SMILES string of the molecule is COc1cc(OC)c(OC)cc1CNC(=O)[C@H]1C[C@@H]1C. The highest BCUT2D eigenvalue weighted by Gasteiger charge is 2.38. The monoisotopic (exact) mass is 279 g/mol. The predicted molar refractivity (Wildman–Crippen MR) is 75.2 cm³/mol. The Morgan fingerprint density at radius 3 is 2.20 bits per heavy atom. The van der Waals surface area contributed by atoms with Gasteiger partial charge in [0.2, 0.25) is 5.91 Å². The summed E-state index contributed by atoms with van der Waals surface area (Å²) in [6.07, 6.45) is 0.981. The maximum atomic E-state index is 11.9. The molecule has 20 heavy (non-hydrogen) atoms. The molecule has 1 aromatic carbocycles. The van der Waals surface area contributed by atoms with Crippen LogP contribution in [0, 0.1) is 11.8 Å². The molecule has 1 aromatic rings. The number of carbonyl (C=O) groups is 1. The maximum absolute atomic E-state index is 11.9. The molecule has 0 radical (unpaired) electrons. The van der Waals surface area contributed by atoms with Crippen LogP contribution in [-0.4, -0.2) is 27.2 Å². The first kappa shape index (κ1) is 14.5. The van der Waals surface area contributed by atoms with Crippen LogP contribution < -0.4 is 19.5 Å². The summed E-state index contributed by atoms with van der Waals surface area (Å²) in [5, 5.41) is 2.94. The minimum Gasteiger partial charge on any atom is -0.496 e. The van der Waals surface area contributed by atoms with Gasteiger partial charge in [-0.3, -0.25) is 4.79 Å². The lowest BCUT2D eigenvalue weighted by molar-refractivity contribution is -0.122. The summed E-state index contributed by atoms with van der Waals surface area (Å²) in [7, 11) is 4.75. The zero-order chi connectivity index (χ0) is 14.7. The van der Waals surface area contributed by atoms with Crippen molar-refractivity contribution in [2.24, 2.45) is 11.8 Å². The zero-order valence-corrected chi connectivity index (χ0v) is 12.4. The number of hydrogen-bond donors (Lipinski definition) is 1. The van der Waals surface area contributed by atoms with Crippen molar-refractivity contribution in [2.45, 2.75) is 19.9 Å². The molecule has 5 nitrogen and oxygen atoms in total. The van der Waals surface area contributed by atoms with Crippen LogP contribution in [0.3, 0.4) is 0 Å². The molecular weight excluding hydrogens is 258 g/mol. The van der Waals surface area contributed by atoms with Crippen molar-refractivity contribution in [2.75, 3.05) is 21.3 Å².